The lowest BCUT2D eigenvalue weighted by Gasteiger charge is -2.25. The molecule has 13 rings (SSSR count). The predicted molar refractivity (Wildman–Crippen MR) is 260 cm³/mol. The highest BCUT2D eigenvalue weighted by molar-refractivity contribution is 6.11. The van der Waals surface area contributed by atoms with E-state index in [1.807, 2.05) is 0 Å². The Hall–Kier alpha value is -8.48. The second kappa shape index (κ2) is 14.0. The van der Waals surface area contributed by atoms with Gasteiger partial charge in [0.25, 0.3) is 0 Å². The zero-order valence-electron chi connectivity index (χ0n) is 34.1. The van der Waals surface area contributed by atoms with Gasteiger partial charge in [0.2, 0.25) is 0 Å². The van der Waals surface area contributed by atoms with E-state index in [0.29, 0.717) is 0 Å². The Kier molecular flexibility index (Phi) is 7.87. The van der Waals surface area contributed by atoms with Crippen LogP contribution < -0.4 is 5.32 Å². The Morgan fingerprint density at radius 1 is 0.381 bits per heavy atom. The van der Waals surface area contributed by atoms with Crippen molar-refractivity contribution in [3.8, 4) is 34.0 Å². The van der Waals surface area contributed by atoms with Gasteiger partial charge in [-0.25, -0.2) is 9.97 Å². The monoisotopic (exact) mass is 806 g/mol. The van der Waals surface area contributed by atoms with E-state index in [1.54, 1.807) is 0 Å². The van der Waals surface area contributed by atoms with Crippen molar-refractivity contribution in [1.29, 1.82) is 0 Å². The van der Waals surface area contributed by atoms with Gasteiger partial charge in [-0.3, -0.25) is 4.57 Å². The van der Waals surface area contributed by atoms with E-state index in [-0.39, 0.29) is 6.17 Å². The van der Waals surface area contributed by atoms with Crippen molar-refractivity contribution >= 4 is 71.1 Å². The van der Waals surface area contributed by atoms with Crippen LogP contribution in [0.5, 0.6) is 0 Å². The number of para-hydroxylation sites is 5. The highest BCUT2D eigenvalue weighted by atomic mass is 15.2. The zero-order valence-corrected chi connectivity index (χ0v) is 34.1. The standard InChI is InChI=1S/C57H38N6/c1-2-16-37(17-3-1)38-32-33-55-45(34-38)44-22-8-13-29-54(44)63(55)57-31-15-24-47(60-57)49-36-39(61-50-25-9-4-18-40(50)41-19-5-10-26-51(41)61)35-48(58-49)46-23-14-30-56(59-46)62-52-27-11-6-20-42(52)43-21-7-12-28-53(43)62/h1-36,56,59H. The summed E-state index contributed by atoms with van der Waals surface area (Å²) in [5.74, 6) is 0.834. The molecule has 6 heteroatoms. The summed E-state index contributed by atoms with van der Waals surface area (Å²) in [4.78, 5) is 10.9. The van der Waals surface area contributed by atoms with Gasteiger partial charge in [-0.2, -0.15) is 0 Å². The van der Waals surface area contributed by atoms with Crippen LogP contribution in [0.4, 0.5) is 0 Å². The molecule has 1 unspecified atom stereocenters. The van der Waals surface area contributed by atoms with Gasteiger partial charge >= 0.3 is 0 Å². The van der Waals surface area contributed by atoms with Gasteiger partial charge in [0.1, 0.15) is 12.0 Å². The van der Waals surface area contributed by atoms with E-state index in [1.165, 1.54) is 54.5 Å². The zero-order chi connectivity index (χ0) is 41.4. The summed E-state index contributed by atoms with van der Waals surface area (Å²) in [6.07, 6.45) is 6.37. The van der Waals surface area contributed by atoms with Gasteiger partial charge in [-0.1, -0.05) is 140 Å². The average Bonchev–Trinajstić information content (AvgIpc) is 4.00. The van der Waals surface area contributed by atoms with Crippen molar-refractivity contribution in [3.05, 3.63) is 224 Å². The van der Waals surface area contributed by atoms with Crippen LogP contribution in [0.1, 0.15) is 11.9 Å². The second-order valence-corrected chi connectivity index (χ2v) is 16.3. The second-order valence-electron chi connectivity index (χ2n) is 16.3. The summed E-state index contributed by atoms with van der Waals surface area (Å²) >= 11 is 0. The molecule has 1 N–H and O–H groups in total. The van der Waals surface area contributed by atoms with Crippen LogP contribution >= 0.6 is 0 Å². The Balaban J connectivity index is 0.989. The minimum Gasteiger partial charge on any atom is -0.360 e. The van der Waals surface area contributed by atoms with Crippen molar-refractivity contribution in [3.63, 3.8) is 0 Å². The molecule has 296 valence electrons. The number of hydrogen-bond acceptors (Lipinski definition) is 3. The first kappa shape index (κ1) is 35.3. The molecule has 0 fully saturated rings. The minimum absolute atomic E-state index is 0.142. The van der Waals surface area contributed by atoms with Crippen molar-refractivity contribution in [2.75, 3.05) is 0 Å². The van der Waals surface area contributed by atoms with Crippen molar-refractivity contribution in [1.82, 2.24) is 29.0 Å². The van der Waals surface area contributed by atoms with Crippen molar-refractivity contribution in [2.24, 2.45) is 0 Å². The van der Waals surface area contributed by atoms with Gasteiger partial charge in [0.05, 0.1) is 61.6 Å². The molecule has 0 saturated carbocycles. The number of pyridine rings is 2. The number of benzene rings is 7. The summed E-state index contributed by atoms with van der Waals surface area (Å²) in [5, 5.41) is 11.2. The molecule has 63 heavy (non-hydrogen) atoms. The van der Waals surface area contributed by atoms with Gasteiger partial charge in [0.15, 0.2) is 0 Å². The van der Waals surface area contributed by atoms with Gasteiger partial charge < -0.3 is 14.5 Å². The molecule has 5 aromatic heterocycles. The van der Waals surface area contributed by atoms with Gasteiger partial charge in [0, 0.05) is 32.3 Å². The van der Waals surface area contributed by atoms with Crippen LogP contribution in [0, 0.1) is 0 Å². The molecule has 1 aliphatic rings. The highest BCUT2D eigenvalue weighted by Gasteiger charge is 2.22. The first-order valence-electron chi connectivity index (χ1n) is 21.5. The normalized spacial score (nSPS) is 14.0. The number of aromatic nitrogens is 5. The molecule has 0 radical (unpaired) electrons. The number of fused-ring (bicyclic) bond motifs is 9. The summed E-state index contributed by atoms with van der Waals surface area (Å²) in [6, 6.07) is 71.3. The van der Waals surface area contributed by atoms with Crippen LogP contribution in [0.15, 0.2) is 218 Å². The SMILES string of the molecule is C1=CC(n2c3ccccc3c3ccccc32)NC(c2cc(-n3c4ccccc4c4ccccc43)cc(-c3cccc(-n4c5ccccc5c5cc(-c6ccccc6)ccc54)n3)n2)=C1. The van der Waals surface area contributed by atoms with Crippen LogP contribution in [-0.2, 0) is 0 Å². The molecule has 6 heterocycles. The highest BCUT2D eigenvalue weighted by Crippen LogP contribution is 2.38. The van der Waals surface area contributed by atoms with E-state index in [9.17, 15) is 0 Å². The van der Waals surface area contributed by atoms with E-state index in [2.05, 4.69) is 237 Å². The molecule has 0 amide bonds. The van der Waals surface area contributed by atoms with Crippen molar-refractivity contribution < 1.29 is 0 Å². The molecular formula is C57H38N6. The van der Waals surface area contributed by atoms with Crippen LogP contribution in [0.25, 0.3) is 105 Å². The number of nitrogens with zero attached hydrogens (tertiary/aromatic N) is 5. The minimum atomic E-state index is -0.142. The smallest absolute Gasteiger partial charge is 0.138 e. The molecule has 6 nitrogen and oxygen atoms in total. The third kappa shape index (κ3) is 5.58. The topological polar surface area (TPSA) is 52.6 Å². The Morgan fingerprint density at radius 2 is 0.921 bits per heavy atom. The number of rotatable bonds is 6. The average molecular weight is 807 g/mol. The quantitative estimate of drug-likeness (QED) is 0.182. The largest absolute Gasteiger partial charge is 0.360 e. The van der Waals surface area contributed by atoms with E-state index >= 15 is 0 Å². The molecule has 1 aliphatic heterocycles. The molecule has 1 atom stereocenters. The fourth-order valence-corrected chi connectivity index (χ4v) is 9.91. The molecule has 0 bridgehead atoms. The fraction of sp³-hybridized carbons (Fsp3) is 0.0175. The molecular weight excluding hydrogens is 769 g/mol. The van der Waals surface area contributed by atoms with E-state index < -0.39 is 0 Å². The summed E-state index contributed by atoms with van der Waals surface area (Å²) < 4.78 is 7.04. The first-order chi connectivity index (χ1) is 31.2. The first-order valence-corrected chi connectivity index (χ1v) is 21.5. The Labute approximate surface area is 362 Å². The van der Waals surface area contributed by atoms with E-state index in [4.69, 9.17) is 9.97 Å². The molecule has 7 aromatic carbocycles. The van der Waals surface area contributed by atoms with Crippen molar-refractivity contribution in [2.45, 2.75) is 6.17 Å². The number of nitrogens with one attached hydrogen (secondary N) is 1. The van der Waals surface area contributed by atoms with Crippen LogP contribution in [0.2, 0.25) is 0 Å². The van der Waals surface area contributed by atoms with Gasteiger partial charge in [-0.15, -0.1) is 0 Å². The number of allylic oxidation sites excluding steroid dienone is 2. The molecule has 0 aliphatic carbocycles. The lowest BCUT2D eigenvalue weighted by molar-refractivity contribution is 0.588. The van der Waals surface area contributed by atoms with Gasteiger partial charge in [-0.05, 0) is 90.0 Å². The summed E-state index contributed by atoms with van der Waals surface area (Å²) in [6.45, 7) is 0. The van der Waals surface area contributed by atoms with Crippen LogP contribution in [-0.4, -0.2) is 23.7 Å². The van der Waals surface area contributed by atoms with Crippen LogP contribution in [0.3, 0.4) is 0 Å². The Morgan fingerprint density at radius 3 is 1.59 bits per heavy atom. The third-order valence-corrected chi connectivity index (χ3v) is 12.7. The maximum atomic E-state index is 5.47. The molecule has 12 aromatic rings. The number of dihydropyridines is 1. The maximum absolute atomic E-state index is 5.47. The molecule has 0 saturated heterocycles. The number of hydrogen-bond donors (Lipinski definition) is 1. The maximum Gasteiger partial charge on any atom is 0.138 e. The Bertz CT molecular complexity index is 3740. The summed E-state index contributed by atoms with van der Waals surface area (Å²) in [5.41, 5.74) is 13.6. The van der Waals surface area contributed by atoms with E-state index in [0.717, 1.165) is 56.4 Å². The lowest BCUT2D eigenvalue weighted by Crippen LogP contribution is -2.26. The lowest BCUT2D eigenvalue weighted by atomic mass is 10.0. The fourth-order valence-electron chi connectivity index (χ4n) is 9.91. The summed E-state index contributed by atoms with van der Waals surface area (Å²) in [7, 11) is 0. The third-order valence-electron chi connectivity index (χ3n) is 12.7. The predicted octanol–water partition coefficient (Wildman–Crippen LogP) is 13.8. The molecule has 0 spiro atoms.